The second-order valence-electron chi connectivity index (χ2n) is 7.54. The van der Waals surface area contributed by atoms with Crippen LogP contribution in [-0.2, 0) is 17.8 Å². The molecule has 0 aliphatic rings. The van der Waals surface area contributed by atoms with Crippen molar-refractivity contribution < 1.29 is 14.2 Å². The SMILES string of the molecule is C#CCOC[C@@H](O)CN(Cc1cccn1Cc1ccc(F)cc1)[C@@H](C)C(C)C. The summed E-state index contributed by atoms with van der Waals surface area (Å²) in [6.07, 6.45) is 6.62. The van der Waals surface area contributed by atoms with E-state index in [1.54, 1.807) is 12.1 Å². The predicted octanol–water partition coefficient (Wildman–Crippen LogP) is 3.53. The Bertz CT molecular complexity index is 749. The fourth-order valence-electron chi connectivity index (χ4n) is 3.12. The van der Waals surface area contributed by atoms with E-state index in [1.165, 1.54) is 12.1 Å². The van der Waals surface area contributed by atoms with Gasteiger partial charge in [-0.05, 0) is 42.7 Å². The molecule has 5 heteroatoms. The number of hydrogen-bond acceptors (Lipinski definition) is 3. The van der Waals surface area contributed by atoms with E-state index < -0.39 is 6.10 Å². The van der Waals surface area contributed by atoms with Gasteiger partial charge in [0.15, 0.2) is 0 Å². The maximum Gasteiger partial charge on any atom is 0.123 e. The minimum atomic E-state index is -0.602. The molecule has 1 N–H and O–H groups in total. The smallest absolute Gasteiger partial charge is 0.123 e. The molecule has 0 saturated carbocycles. The molecule has 0 aliphatic carbocycles. The van der Waals surface area contributed by atoms with Crippen LogP contribution in [0.1, 0.15) is 32.0 Å². The maximum absolute atomic E-state index is 13.2. The molecule has 4 nitrogen and oxygen atoms in total. The highest BCUT2D eigenvalue weighted by molar-refractivity contribution is 5.18. The molecule has 0 amide bonds. The summed E-state index contributed by atoms with van der Waals surface area (Å²) in [5.74, 6) is 2.63. The van der Waals surface area contributed by atoms with Gasteiger partial charge in [-0.15, -0.1) is 6.42 Å². The molecule has 0 radical (unpaired) electrons. The van der Waals surface area contributed by atoms with Gasteiger partial charge >= 0.3 is 0 Å². The van der Waals surface area contributed by atoms with Gasteiger partial charge in [0.25, 0.3) is 0 Å². The molecule has 0 bridgehead atoms. The third-order valence-corrected chi connectivity index (χ3v) is 5.04. The Morgan fingerprint density at radius 3 is 2.57 bits per heavy atom. The van der Waals surface area contributed by atoms with Gasteiger partial charge in [-0.3, -0.25) is 4.90 Å². The van der Waals surface area contributed by atoms with E-state index in [0.717, 1.165) is 11.3 Å². The highest BCUT2D eigenvalue weighted by atomic mass is 19.1. The summed E-state index contributed by atoms with van der Waals surface area (Å²) < 4.78 is 20.6. The van der Waals surface area contributed by atoms with Crippen LogP contribution in [0.5, 0.6) is 0 Å². The Morgan fingerprint density at radius 1 is 1.21 bits per heavy atom. The summed E-state index contributed by atoms with van der Waals surface area (Å²) in [5, 5.41) is 10.4. The van der Waals surface area contributed by atoms with Crippen LogP contribution in [0, 0.1) is 24.1 Å². The topological polar surface area (TPSA) is 37.6 Å². The molecular weight excluding hydrogens is 355 g/mol. The molecule has 0 spiro atoms. The largest absolute Gasteiger partial charge is 0.389 e. The van der Waals surface area contributed by atoms with E-state index in [0.29, 0.717) is 25.6 Å². The number of ether oxygens (including phenoxy) is 1. The summed E-state index contributed by atoms with van der Waals surface area (Å²) in [5.41, 5.74) is 2.19. The zero-order valence-corrected chi connectivity index (χ0v) is 17.0. The van der Waals surface area contributed by atoms with Gasteiger partial charge in [0.05, 0.1) is 12.7 Å². The Labute approximate surface area is 167 Å². The van der Waals surface area contributed by atoms with Crippen molar-refractivity contribution in [1.82, 2.24) is 9.47 Å². The van der Waals surface area contributed by atoms with Crippen molar-refractivity contribution in [1.29, 1.82) is 0 Å². The van der Waals surface area contributed by atoms with Crippen LogP contribution in [0.3, 0.4) is 0 Å². The van der Waals surface area contributed by atoms with Gasteiger partial charge < -0.3 is 14.4 Å². The number of halogens is 1. The first-order valence-electron chi connectivity index (χ1n) is 9.72. The number of aliphatic hydroxyl groups excluding tert-OH is 1. The third-order valence-electron chi connectivity index (χ3n) is 5.04. The molecule has 0 unspecified atom stereocenters. The van der Waals surface area contributed by atoms with Crippen molar-refractivity contribution >= 4 is 0 Å². The Balaban J connectivity index is 2.08. The zero-order chi connectivity index (χ0) is 20.5. The molecule has 152 valence electrons. The van der Waals surface area contributed by atoms with Crippen LogP contribution < -0.4 is 0 Å². The van der Waals surface area contributed by atoms with Crippen molar-refractivity contribution in [2.45, 2.75) is 46.0 Å². The van der Waals surface area contributed by atoms with Crippen molar-refractivity contribution in [3.8, 4) is 12.3 Å². The fraction of sp³-hybridized carbons (Fsp3) is 0.478. The highest BCUT2D eigenvalue weighted by Gasteiger charge is 2.21. The Hall–Kier alpha value is -2.13. The van der Waals surface area contributed by atoms with Gasteiger partial charge in [0, 0.05) is 37.6 Å². The number of terminal acetylenes is 1. The standard InChI is InChI=1S/C23H31FN2O2/c1-5-13-28-17-23(27)16-26(19(4)18(2)3)15-22-7-6-12-25(22)14-20-8-10-21(24)11-9-20/h1,6-12,18-19,23,27H,13-17H2,2-4H3/t19-,23-/m0/s1. The average Bonchev–Trinajstić information content (AvgIpc) is 3.09. The lowest BCUT2D eigenvalue weighted by molar-refractivity contribution is 0.0115. The molecule has 28 heavy (non-hydrogen) atoms. The molecule has 1 aromatic heterocycles. The van der Waals surface area contributed by atoms with Crippen LogP contribution in [0.2, 0.25) is 0 Å². The molecule has 1 heterocycles. The second-order valence-corrected chi connectivity index (χ2v) is 7.54. The molecule has 2 rings (SSSR count). The summed E-state index contributed by atoms with van der Waals surface area (Å²) in [7, 11) is 0. The van der Waals surface area contributed by atoms with Gasteiger partial charge in [-0.25, -0.2) is 4.39 Å². The van der Waals surface area contributed by atoms with Crippen molar-refractivity contribution in [3.05, 3.63) is 59.7 Å². The fourth-order valence-corrected chi connectivity index (χ4v) is 3.12. The predicted molar refractivity (Wildman–Crippen MR) is 110 cm³/mol. The number of rotatable bonds is 11. The monoisotopic (exact) mass is 386 g/mol. The first-order valence-corrected chi connectivity index (χ1v) is 9.72. The third kappa shape index (κ3) is 6.79. The minimum Gasteiger partial charge on any atom is -0.389 e. The molecule has 0 fully saturated rings. The number of aliphatic hydroxyl groups is 1. The van der Waals surface area contributed by atoms with Crippen molar-refractivity contribution in [2.75, 3.05) is 19.8 Å². The Kier molecular flexibility index (Phi) is 8.72. The van der Waals surface area contributed by atoms with Crippen LogP contribution in [0.25, 0.3) is 0 Å². The quantitative estimate of drug-likeness (QED) is 0.474. The lowest BCUT2D eigenvalue weighted by atomic mass is 10.0. The van der Waals surface area contributed by atoms with Gasteiger partial charge in [-0.2, -0.15) is 0 Å². The Morgan fingerprint density at radius 2 is 1.93 bits per heavy atom. The number of nitrogens with zero attached hydrogens (tertiary/aromatic N) is 2. The van der Waals surface area contributed by atoms with Crippen LogP contribution >= 0.6 is 0 Å². The van der Waals surface area contributed by atoms with E-state index in [2.05, 4.69) is 42.2 Å². The van der Waals surface area contributed by atoms with E-state index >= 15 is 0 Å². The van der Waals surface area contributed by atoms with Gasteiger partial charge in [-0.1, -0.05) is 31.9 Å². The van der Waals surface area contributed by atoms with Crippen molar-refractivity contribution in [2.24, 2.45) is 5.92 Å². The van der Waals surface area contributed by atoms with Gasteiger partial charge in [0.2, 0.25) is 0 Å². The normalized spacial score (nSPS) is 13.6. The highest BCUT2D eigenvalue weighted by Crippen LogP contribution is 2.17. The summed E-state index contributed by atoms with van der Waals surface area (Å²) in [6, 6.07) is 11.0. The molecule has 2 aromatic rings. The van der Waals surface area contributed by atoms with Crippen molar-refractivity contribution in [3.63, 3.8) is 0 Å². The van der Waals surface area contributed by atoms with E-state index in [4.69, 9.17) is 11.2 Å². The van der Waals surface area contributed by atoms with Crippen LogP contribution in [0.15, 0.2) is 42.6 Å². The average molecular weight is 387 g/mol. The lowest BCUT2D eigenvalue weighted by Gasteiger charge is -2.33. The van der Waals surface area contributed by atoms with E-state index in [-0.39, 0.29) is 25.1 Å². The number of benzene rings is 1. The minimum absolute atomic E-state index is 0.206. The zero-order valence-electron chi connectivity index (χ0n) is 17.0. The van der Waals surface area contributed by atoms with E-state index in [1.807, 2.05) is 12.3 Å². The van der Waals surface area contributed by atoms with Crippen LogP contribution in [-0.4, -0.2) is 46.5 Å². The molecule has 0 aliphatic heterocycles. The number of aromatic nitrogens is 1. The second kappa shape index (κ2) is 11.0. The molecule has 0 saturated heterocycles. The first-order chi connectivity index (χ1) is 13.4. The van der Waals surface area contributed by atoms with Gasteiger partial charge in [0.1, 0.15) is 12.4 Å². The lowest BCUT2D eigenvalue weighted by Crippen LogP contribution is -2.42. The summed E-state index contributed by atoms with van der Waals surface area (Å²) >= 11 is 0. The summed E-state index contributed by atoms with van der Waals surface area (Å²) in [6.45, 7) is 8.85. The molecule has 1 aromatic carbocycles. The first kappa shape index (κ1) is 22.2. The summed E-state index contributed by atoms with van der Waals surface area (Å²) in [4.78, 5) is 2.27. The molecule has 2 atom stereocenters. The van der Waals surface area contributed by atoms with E-state index in [9.17, 15) is 9.50 Å². The number of hydrogen-bond donors (Lipinski definition) is 1. The van der Waals surface area contributed by atoms with Crippen LogP contribution in [0.4, 0.5) is 4.39 Å². The maximum atomic E-state index is 13.2. The molecular formula is C23H31FN2O2.